The molecule has 0 saturated heterocycles. The molecule has 0 aliphatic heterocycles. The lowest BCUT2D eigenvalue weighted by molar-refractivity contribution is 0.664. The smallest absolute Gasteiger partial charge is 0.0388 e. The first-order valence-electron chi connectivity index (χ1n) is 4.44. The quantitative estimate of drug-likeness (QED) is 0.538. The fourth-order valence-electron chi connectivity index (χ4n) is 1.25. The van der Waals surface area contributed by atoms with Crippen LogP contribution in [0.4, 0.5) is 0 Å². The number of rotatable bonds is 2. The molecule has 1 heteroatoms. The lowest BCUT2D eigenvalue weighted by atomic mass is 10.1. The minimum absolute atomic E-state index is 0.573. The van der Waals surface area contributed by atoms with Crippen molar-refractivity contribution in [3.8, 4) is 0 Å². The van der Waals surface area contributed by atoms with Crippen LogP contribution in [0, 0.1) is 11.8 Å². The monoisotopic (exact) mass is 151 g/mol. The van der Waals surface area contributed by atoms with Gasteiger partial charge in [0.15, 0.2) is 0 Å². The Morgan fingerprint density at radius 1 is 1.64 bits per heavy atom. The maximum Gasteiger partial charge on any atom is 0.0388 e. The maximum atomic E-state index is 4.44. The van der Waals surface area contributed by atoms with E-state index in [-0.39, 0.29) is 0 Å². The molecule has 1 aliphatic rings. The summed E-state index contributed by atoms with van der Waals surface area (Å²) in [5, 5.41) is 0. The summed E-state index contributed by atoms with van der Waals surface area (Å²) in [6.07, 6.45) is 6.79. The van der Waals surface area contributed by atoms with Crippen LogP contribution in [0.2, 0.25) is 0 Å². The molecule has 0 heterocycles. The standard InChI is InChI=1S/C10H17N/c1-8(2)7-11-10-6-4-5-9(10)3/h6-9H,4-5H2,1-3H3/b11-7-. The zero-order valence-electron chi connectivity index (χ0n) is 7.67. The molecule has 0 aromatic heterocycles. The van der Waals surface area contributed by atoms with Crippen LogP contribution in [-0.4, -0.2) is 6.21 Å². The summed E-state index contributed by atoms with van der Waals surface area (Å²) in [5.41, 5.74) is 1.29. The Labute approximate surface area is 69.2 Å². The average molecular weight is 151 g/mol. The summed E-state index contributed by atoms with van der Waals surface area (Å²) >= 11 is 0. The molecule has 0 radical (unpaired) electrons. The zero-order chi connectivity index (χ0) is 8.27. The fraction of sp³-hybridized carbons (Fsp3) is 0.700. The van der Waals surface area contributed by atoms with Gasteiger partial charge in [-0.15, -0.1) is 0 Å². The molecular formula is C10H17N. The van der Waals surface area contributed by atoms with Crippen LogP contribution in [0.15, 0.2) is 16.8 Å². The summed E-state index contributed by atoms with van der Waals surface area (Å²) in [6, 6.07) is 0. The van der Waals surface area contributed by atoms with Gasteiger partial charge in [-0.3, -0.25) is 4.99 Å². The maximum absolute atomic E-state index is 4.44. The molecule has 0 amide bonds. The molecule has 11 heavy (non-hydrogen) atoms. The molecule has 0 spiro atoms. The van der Waals surface area contributed by atoms with Crippen LogP contribution in [-0.2, 0) is 0 Å². The van der Waals surface area contributed by atoms with Gasteiger partial charge in [0.05, 0.1) is 0 Å². The summed E-state index contributed by atoms with van der Waals surface area (Å²) in [6.45, 7) is 6.56. The molecule has 0 fully saturated rings. The Morgan fingerprint density at radius 2 is 2.36 bits per heavy atom. The van der Waals surface area contributed by atoms with Gasteiger partial charge in [-0.2, -0.15) is 0 Å². The van der Waals surface area contributed by atoms with Gasteiger partial charge >= 0.3 is 0 Å². The van der Waals surface area contributed by atoms with Crippen LogP contribution >= 0.6 is 0 Å². The van der Waals surface area contributed by atoms with Crippen molar-refractivity contribution in [1.82, 2.24) is 0 Å². The largest absolute Gasteiger partial charge is 0.265 e. The lowest BCUT2D eigenvalue weighted by Crippen LogP contribution is -1.93. The molecule has 0 bridgehead atoms. The van der Waals surface area contributed by atoms with Crippen molar-refractivity contribution in [3.05, 3.63) is 11.8 Å². The highest BCUT2D eigenvalue weighted by molar-refractivity contribution is 5.61. The van der Waals surface area contributed by atoms with Crippen molar-refractivity contribution in [2.75, 3.05) is 0 Å². The van der Waals surface area contributed by atoms with Gasteiger partial charge in [-0.05, 0) is 24.7 Å². The molecule has 0 aromatic rings. The second-order valence-electron chi connectivity index (χ2n) is 3.63. The molecular weight excluding hydrogens is 134 g/mol. The highest BCUT2D eigenvalue weighted by Crippen LogP contribution is 2.25. The highest BCUT2D eigenvalue weighted by atomic mass is 14.7. The van der Waals surface area contributed by atoms with E-state index in [4.69, 9.17) is 0 Å². The Balaban J connectivity index is 2.48. The second-order valence-corrected chi connectivity index (χ2v) is 3.63. The van der Waals surface area contributed by atoms with E-state index >= 15 is 0 Å². The van der Waals surface area contributed by atoms with Crippen LogP contribution in [0.5, 0.6) is 0 Å². The summed E-state index contributed by atoms with van der Waals surface area (Å²) < 4.78 is 0. The van der Waals surface area contributed by atoms with Gasteiger partial charge < -0.3 is 0 Å². The molecule has 1 unspecified atom stereocenters. The van der Waals surface area contributed by atoms with Gasteiger partial charge in [-0.1, -0.05) is 26.8 Å². The van der Waals surface area contributed by atoms with E-state index in [0.29, 0.717) is 11.8 Å². The van der Waals surface area contributed by atoms with Gasteiger partial charge in [0, 0.05) is 11.9 Å². The molecule has 0 aromatic carbocycles. The van der Waals surface area contributed by atoms with Crippen LogP contribution in [0.3, 0.4) is 0 Å². The first-order chi connectivity index (χ1) is 5.20. The van der Waals surface area contributed by atoms with Crippen LogP contribution in [0.1, 0.15) is 33.6 Å². The van der Waals surface area contributed by atoms with Gasteiger partial charge in [-0.25, -0.2) is 0 Å². The van der Waals surface area contributed by atoms with Crippen LogP contribution < -0.4 is 0 Å². The van der Waals surface area contributed by atoms with Gasteiger partial charge in [0.25, 0.3) is 0 Å². The second kappa shape index (κ2) is 3.70. The normalized spacial score (nSPS) is 25.1. The molecule has 0 saturated carbocycles. The molecule has 1 atom stereocenters. The van der Waals surface area contributed by atoms with Crippen LogP contribution in [0.25, 0.3) is 0 Å². The third kappa shape index (κ3) is 2.49. The van der Waals surface area contributed by atoms with E-state index in [2.05, 4.69) is 31.8 Å². The van der Waals surface area contributed by atoms with Crippen molar-refractivity contribution < 1.29 is 0 Å². The minimum Gasteiger partial charge on any atom is -0.265 e. The third-order valence-electron chi connectivity index (χ3n) is 1.98. The van der Waals surface area contributed by atoms with Crippen molar-refractivity contribution >= 4 is 6.21 Å². The minimum atomic E-state index is 0.573. The predicted molar refractivity (Wildman–Crippen MR) is 49.8 cm³/mol. The molecule has 62 valence electrons. The van der Waals surface area contributed by atoms with Crippen molar-refractivity contribution in [2.24, 2.45) is 16.8 Å². The van der Waals surface area contributed by atoms with E-state index in [9.17, 15) is 0 Å². The van der Waals surface area contributed by atoms with E-state index in [0.717, 1.165) is 0 Å². The molecule has 1 aliphatic carbocycles. The molecule has 1 nitrogen and oxygen atoms in total. The number of aliphatic imine (C=N–C) groups is 1. The van der Waals surface area contributed by atoms with E-state index in [1.165, 1.54) is 18.5 Å². The fourth-order valence-corrected chi connectivity index (χ4v) is 1.25. The summed E-state index contributed by atoms with van der Waals surface area (Å²) in [5.74, 6) is 1.26. The Hall–Kier alpha value is -0.590. The topological polar surface area (TPSA) is 12.4 Å². The van der Waals surface area contributed by atoms with Crippen molar-refractivity contribution in [1.29, 1.82) is 0 Å². The van der Waals surface area contributed by atoms with Crippen molar-refractivity contribution in [2.45, 2.75) is 33.6 Å². The zero-order valence-corrected chi connectivity index (χ0v) is 7.67. The number of nitrogens with zero attached hydrogens (tertiary/aromatic N) is 1. The average Bonchev–Trinajstić information content (AvgIpc) is 2.31. The molecule has 0 N–H and O–H groups in total. The predicted octanol–water partition coefficient (Wildman–Crippen LogP) is 3.03. The summed E-state index contributed by atoms with van der Waals surface area (Å²) in [7, 11) is 0. The third-order valence-corrected chi connectivity index (χ3v) is 1.98. The van der Waals surface area contributed by atoms with E-state index in [1.54, 1.807) is 0 Å². The number of hydrogen-bond donors (Lipinski definition) is 0. The van der Waals surface area contributed by atoms with Gasteiger partial charge in [0.1, 0.15) is 0 Å². The highest BCUT2D eigenvalue weighted by Gasteiger charge is 2.12. The van der Waals surface area contributed by atoms with E-state index in [1.807, 2.05) is 6.21 Å². The number of allylic oxidation sites excluding steroid dienone is 2. The first kappa shape index (κ1) is 8.51. The Morgan fingerprint density at radius 3 is 2.82 bits per heavy atom. The van der Waals surface area contributed by atoms with Crippen molar-refractivity contribution in [3.63, 3.8) is 0 Å². The summed E-state index contributed by atoms with van der Waals surface area (Å²) in [4.78, 5) is 4.44. The lowest BCUT2D eigenvalue weighted by Gasteiger charge is -2.02. The van der Waals surface area contributed by atoms with Gasteiger partial charge in [0.2, 0.25) is 0 Å². The first-order valence-corrected chi connectivity index (χ1v) is 4.44. The SMILES string of the molecule is CC(C)/C=N\C1=CCCC1C. The number of hydrogen-bond acceptors (Lipinski definition) is 1. The Kier molecular flexibility index (Phi) is 2.86. The Bertz CT molecular complexity index is 177. The van der Waals surface area contributed by atoms with E-state index < -0.39 is 0 Å². The molecule has 1 rings (SSSR count).